The van der Waals surface area contributed by atoms with Crippen molar-refractivity contribution in [3.8, 4) is 5.75 Å². The number of nitrogens with zero attached hydrogens (tertiary/aromatic N) is 1. The van der Waals surface area contributed by atoms with Crippen molar-refractivity contribution in [2.45, 2.75) is 18.9 Å². The van der Waals surface area contributed by atoms with Crippen LogP contribution < -0.4 is 15.4 Å². The molecular formula is C16H16ClN3O2. The number of benzene rings is 1. The van der Waals surface area contributed by atoms with Gasteiger partial charge < -0.3 is 15.4 Å². The highest BCUT2D eigenvalue weighted by molar-refractivity contribution is 6.31. The maximum atomic E-state index is 12.3. The van der Waals surface area contributed by atoms with Gasteiger partial charge in [-0.1, -0.05) is 17.7 Å². The van der Waals surface area contributed by atoms with Gasteiger partial charge in [-0.25, -0.2) is 4.98 Å². The highest BCUT2D eigenvalue weighted by atomic mass is 35.5. The molecule has 0 aliphatic heterocycles. The number of carbonyl (C=O) groups excluding carboxylic acids is 1. The van der Waals surface area contributed by atoms with Gasteiger partial charge >= 0.3 is 0 Å². The van der Waals surface area contributed by atoms with Crippen molar-refractivity contribution >= 4 is 29.0 Å². The molecule has 0 radical (unpaired) electrons. The lowest BCUT2D eigenvalue weighted by molar-refractivity contribution is 0.102. The van der Waals surface area contributed by atoms with E-state index in [2.05, 4.69) is 15.6 Å². The largest absolute Gasteiger partial charge is 0.495 e. The second-order valence-corrected chi connectivity index (χ2v) is 5.56. The van der Waals surface area contributed by atoms with Gasteiger partial charge in [0.2, 0.25) is 0 Å². The molecule has 0 atom stereocenters. The summed E-state index contributed by atoms with van der Waals surface area (Å²) in [4.78, 5) is 16.7. The minimum Gasteiger partial charge on any atom is -0.495 e. The fourth-order valence-electron chi connectivity index (χ4n) is 2.04. The van der Waals surface area contributed by atoms with Crippen molar-refractivity contribution in [1.82, 2.24) is 4.98 Å². The quantitative estimate of drug-likeness (QED) is 0.885. The molecule has 1 aliphatic carbocycles. The van der Waals surface area contributed by atoms with Crippen LogP contribution in [-0.4, -0.2) is 24.0 Å². The summed E-state index contributed by atoms with van der Waals surface area (Å²) >= 11 is 5.96. The lowest BCUT2D eigenvalue weighted by atomic mass is 10.2. The number of pyridine rings is 1. The highest BCUT2D eigenvalue weighted by Crippen LogP contribution is 2.28. The number of nitrogens with one attached hydrogen (secondary N) is 2. The molecule has 0 saturated heterocycles. The van der Waals surface area contributed by atoms with E-state index in [1.807, 2.05) is 12.1 Å². The Balaban J connectivity index is 1.77. The molecule has 2 aromatic rings. The third kappa shape index (κ3) is 3.49. The van der Waals surface area contributed by atoms with Gasteiger partial charge in [-0.15, -0.1) is 0 Å². The normalized spacial score (nSPS) is 13.5. The molecule has 1 saturated carbocycles. The van der Waals surface area contributed by atoms with Crippen LogP contribution in [-0.2, 0) is 0 Å². The molecule has 1 aromatic heterocycles. The van der Waals surface area contributed by atoms with E-state index in [4.69, 9.17) is 16.3 Å². The van der Waals surface area contributed by atoms with Crippen molar-refractivity contribution in [2.75, 3.05) is 17.7 Å². The summed E-state index contributed by atoms with van der Waals surface area (Å²) in [6.07, 6.45) is 2.30. The molecule has 3 rings (SSSR count). The van der Waals surface area contributed by atoms with E-state index in [0.717, 1.165) is 12.8 Å². The minimum absolute atomic E-state index is 0.306. The first-order valence-electron chi connectivity index (χ1n) is 7.04. The third-order valence-corrected chi connectivity index (χ3v) is 3.56. The standard InChI is InChI=1S/C16H16ClN3O2/c1-22-14-8-5-10(17)9-13(14)20-16(21)12-3-2-4-15(19-12)18-11-6-7-11/h2-5,8-9,11H,6-7H2,1H3,(H,18,19)(H,20,21). The van der Waals surface area contributed by atoms with Crippen LogP contribution in [0.3, 0.4) is 0 Å². The zero-order valence-electron chi connectivity index (χ0n) is 12.1. The van der Waals surface area contributed by atoms with Crippen LogP contribution in [0.1, 0.15) is 23.3 Å². The third-order valence-electron chi connectivity index (χ3n) is 3.32. The second-order valence-electron chi connectivity index (χ2n) is 5.13. The van der Waals surface area contributed by atoms with Gasteiger partial charge in [0, 0.05) is 11.1 Å². The Morgan fingerprint density at radius 1 is 1.32 bits per heavy atom. The maximum absolute atomic E-state index is 12.3. The average Bonchev–Trinajstić information content (AvgIpc) is 3.32. The number of halogens is 1. The number of amides is 1. The smallest absolute Gasteiger partial charge is 0.274 e. The maximum Gasteiger partial charge on any atom is 0.274 e. The number of carbonyl (C=O) groups is 1. The van der Waals surface area contributed by atoms with Crippen molar-refractivity contribution in [3.05, 3.63) is 47.1 Å². The molecule has 1 fully saturated rings. The monoisotopic (exact) mass is 317 g/mol. The number of methoxy groups -OCH3 is 1. The van der Waals surface area contributed by atoms with Gasteiger partial charge in [0.1, 0.15) is 17.3 Å². The van der Waals surface area contributed by atoms with Crippen LogP contribution >= 0.6 is 11.6 Å². The topological polar surface area (TPSA) is 63.2 Å². The molecule has 0 unspecified atom stereocenters. The fourth-order valence-corrected chi connectivity index (χ4v) is 2.21. The summed E-state index contributed by atoms with van der Waals surface area (Å²) < 4.78 is 5.22. The number of anilines is 2. The predicted molar refractivity (Wildman–Crippen MR) is 86.8 cm³/mol. The number of ether oxygens (including phenoxy) is 1. The van der Waals surface area contributed by atoms with E-state index < -0.39 is 0 Å². The van der Waals surface area contributed by atoms with E-state index in [-0.39, 0.29) is 5.91 Å². The highest BCUT2D eigenvalue weighted by Gasteiger charge is 2.21. The average molecular weight is 318 g/mol. The molecule has 1 aliphatic rings. The Morgan fingerprint density at radius 3 is 2.86 bits per heavy atom. The summed E-state index contributed by atoms with van der Waals surface area (Å²) in [5.74, 6) is 0.957. The van der Waals surface area contributed by atoms with E-state index in [9.17, 15) is 4.79 Å². The zero-order chi connectivity index (χ0) is 15.5. The SMILES string of the molecule is COc1ccc(Cl)cc1NC(=O)c1cccc(NC2CC2)n1. The molecule has 2 N–H and O–H groups in total. The number of rotatable bonds is 5. The first-order chi connectivity index (χ1) is 10.7. The zero-order valence-corrected chi connectivity index (χ0v) is 12.9. The van der Waals surface area contributed by atoms with Gasteiger partial charge in [-0.3, -0.25) is 4.79 Å². The second kappa shape index (κ2) is 6.23. The number of aromatic nitrogens is 1. The van der Waals surface area contributed by atoms with Crippen LogP contribution in [0, 0.1) is 0 Å². The number of hydrogen-bond donors (Lipinski definition) is 2. The Kier molecular flexibility index (Phi) is 4.15. The predicted octanol–water partition coefficient (Wildman–Crippen LogP) is 3.57. The molecule has 0 spiro atoms. The summed E-state index contributed by atoms with van der Waals surface area (Å²) in [7, 11) is 1.54. The van der Waals surface area contributed by atoms with Crippen LogP contribution in [0.15, 0.2) is 36.4 Å². The Morgan fingerprint density at radius 2 is 2.14 bits per heavy atom. The lowest BCUT2D eigenvalue weighted by Gasteiger charge is -2.11. The first kappa shape index (κ1) is 14.7. The molecule has 1 heterocycles. The molecule has 0 bridgehead atoms. The molecule has 22 heavy (non-hydrogen) atoms. The van der Waals surface area contributed by atoms with E-state index >= 15 is 0 Å². The van der Waals surface area contributed by atoms with Crippen LogP contribution in [0.5, 0.6) is 5.75 Å². The Bertz CT molecular complexity index is 702. The minimum atomic E-state index is -0.306. The molecular weight excluding hydrogens is 302 g/mol. The van der Waals surface area contributed by atoms with Crippen LogP contribution in [0.2, 0.25) is 5.02 Å². The summed E-state index contributed by atoms with van der Waals surface area (Å²) in [6.45, 7) is 0. The van der Waals surface area contributed by atoms with Crippen molar-refractivity contribution in [1.29, 1.82) is 0 Å². The molecule has 114 valence electrons. The van der Waals surface area contributed by atoms with Crippen LogP contribution in [0.4, 0.5) is 11.5 Å². The Hall–Kier alpha value is -2.27. The van der Waals surface area contributed by atoms with Crippen molar-refractivity contribution in [3.63, 3.8) is 0 Å². The van der Waals surface area contributed by atoms with Crippen LogP contribution in [0.25, 0.3) is 0 Å². The first-order valence-corrected chi connectivity index (χ1v) is 7.42. The molecule has 6 heteroatoms. The van der Waals surface area contributed by atoms with Gasteiger partial charge in [0.25, 0.3) is 5.91 Å². The molecule has 1 aromatic carbocycles. The Labute approximate surface area is 133 Å². The van der Waals surface area contributed by atoms with E-state index in [1.165, 1.54) is 7.11 Å². The van der Waals surface area contributed by atoms with E-state index in [0.29, 0.717) is 34.0 Å². The van der Waals surface area contributed by atoms with Gasteiger partial charge in [0.15, 0.2) is 0 Å². The number of hydrogen-bond acceptors (Lipinski definition) is 4. The van der Waals surface area contributed by atoms with Gasteiger partial charge in [0.05, 0.1) is 12.8 Å². The van der Waals surface area contributed by atoms with Crippen molar-refractivity contribution < 1.29 is 9.53 Å². The van der Waals surface area contributed by atoms with Gasteiger partial charge in [-0.2, -0.15) is 0 Å². The summed E-state index contributed by atoms with van der Waals surface area (Å²) in [5, 5.41) is 6.57. The van der Waals surface area contributed by atoms with E-state index in [1.54, 1.807) is 24.3 Å². The lowest BCUT2D eigenvalue weighted by Crippen LogP contribution is -2.15. The summed E-state index contributed by atoms with van der Waals surface area (Å²) in [5.41, 5.74) is 0.857. The molecule has 1 amide bonds. The molecule has 5 nitrogen and oxygen atoms in total. The fraction of sp³-hybridized carbons (Fsp3) is 0.250. The summed E-state index contributed by atoms with van der Waals surface area (Å²) in [6, 6.07) is 10.9. The van der Waals surface area contributed by atoms with Gasteiger partial charge in [-0.05, 0) is 43.2 Å². The van der Waals surface area contributed by atoms with Crippen molar-refractivity contribution in [2.24, 2.45) is 0 Å².